The highest BCUT2D eigenvalue weighted by atomic mass is 16.5. The summed E-state index contributed by atoms with van der Waals surface area (Å²) in [6.45, 7) is 8.81. The molecule has 0 radical (unpaired) electrons. The third kappa shape index (κ3) is 7.50. The van der Waals surface area contributed by atoms with Crippen LogP contribution in [0.25, 0.3) is 0 Å². The molecule has 0 aromatic rings. The standard InChI is InChI=1S/C14H31N3O2/c1-14(2,3)12(15)13(18)17(10-11-19-6)9-7-8-16(4)5/h12H,7-11,15H2,1-6H3/t12-/m1/s1. The van der Waals surface area contributed by atoms with E-state index in [4.69, 9.17) is 10.5 Å². The van der Waals surface area contributed by atoms with E-state index in [1.807, 2.05) is 39.8 Å². The quantitative estimate of drug-likeness (QED) is 0.710. The maximum absolute atomic E-state index is 12.4. The average Bonchev–Trinajstić information content (AvgIpc) is 2.30. The molecule has 2 N–H and O–H groups in total. The summed E-state index contributed by atoms with van der Waals surface area (Å²) in [6, 6.07) is -0.469. The van der Waals surface area contributed by atoms with E-state index in [1.54, 1.807) is 7.11 Å². The van der Waals surface area contributed by atoms with Crippen molar-refractivity contribution in [2.75, 3.05) is 47.4 Å². The van der Waals surface area contributed by atoms with Crippen LogP contribution in [-0.2, 0) is 9.53 Å². The van der Waals surface area contributed by atoms with Gasteiger partial charge >= 0.3 is 0 Å². The first-order chi connectivity index (χ1) is 8.70. The Balaban J connectivity index is 4.51. The highest BCUT2D eigenvalue weighted by molar-refractivity contribution is 5.82. The third-order valence-electron chi connectivity index (χ3n) is 3.11. The Morgan fingerprint density at radius 3 is 2.21 bits per heavy atom. The molecule has 0 aliphatic rings. The zero-order valence-electron chi connectivity index (χ0n) is 13.4. The molecule has 5 nitrogen and oxygen atoms in total. The lowest BCUT2D eigenvalue weighted by atomic mass is 9.86. The van der Waals surface area contributed by atoms with Crippen molar-refractivity contribution in [2.24, 2.45) is 11.1 Å². The van der Waals surface area contributed by atoms with E-state index >= 15 is 0 Å². The van der Waals surface area contributed by atoms with Gasteiger partial charge in [-0.25, -0.2) is 0 Å². The first-order valence-electron chi connectivity index (χ1n) is 6.88. The summed E-state index contributed by atoms with van der Waals surface area (Å²) in [4.78, 5) is 16.3. The van der Waals surface area contributed by atoms with Crippen LogP contribution >= 0.6 is 0 Å². The minimum absolute atomic E-state index is 0.0170. The molecule has 19 heavy (non-hydrogen) atoms. The predicted molar refractivity (Wildman–Crippen MR) is 79.1 cm³/mol. The van der Waals surface area contributed by atoms with Crippen molar-refractivity contribution in [2.45, 2.75) is 33.2 Å². The van der Waals surface area contributed by atoms with Crippen LogP contribution < -0.4 is 5.73 Å². The molecule has 114 valence electrons. The van der Waals surface area contributed by atoms with Crippen molar-refractivity contribution in [3.63, 3.8) is 0 Å². The fourth-order valence-electron chi connectivity index (χ4n) is 1.68. The summed E-state index contributed by atoms with van der Waals surface area (Å²) < 4.78 is 5.07. The maximum Gasteiger partial charge on any atom is 0.240 e. The van der Waals surface area contributed by atoms with Gasteiger partial charge in [-0.1, -0.05) is 20.8 Å². The third-order valence-corrected chi connectivity index (χ3v) is 3.11. The molecule has 0 aliphatic heterocycles. The molecule has 5 heteroatoms. The van der Waals surface area contributed by atoms with E-state index < -0.39 is 6.04 Å². The lowest BCUT2D eigenvalue weighted by Gasteiger charge is -2.32. The second kappa shape index (κ2) is 8.51. The van der Waals surface area contributed by atoms with Gasteiger partial charge in [-0.15, -0.1) is 0 Å². The summed E-state index contributed by atoms with van der Waals surface area (Å²) >= 11 is 0. The number of hydrogen-bond acceptors (Lipinski definition) is 4. The Kier molecular flexibility index (Phi) is 8.22. The van der Waals surface area contributed by atoms with Gasteiger partial charge in [0.05, 0.1) is 12.6 Å². The van der Waals surface area contributed by atoms with Gasteiger partial charge in [-0.2, -0.15) is 0 Å². The molecule has 0 unspecified atom stereocenters. The van der Waals surface area contributed by atoms with Crippen molar-refractivity contribution in [3.8, 4) is 0 Å². The van der Waals surface area contributed by atoms with E-state index in [0.29, 0.717) is 13.2 Å². The molecular weight excluding hydrogens is 242 g/mol. The number of carbonyl (C=O) groups is 1. The van der Waals surface area contributed by atoms with Crippen LogP contribution in [0.4, 0.5) is 0 Å². The number of ether oxygens (including phenoxy) is 1. The Hall–Kier alpha value is -0.650. The lowest BCUT2D eigenvalue weighted by molar-refractivity contribution is -0.135. The molecule has 1 atom stereocenters. The molecule has 0 aliphatic carbocycles. The van der Waals surface area contributed by atoms with Gasteiger partial charge in [0.15, 0.2) is 0 Å². The number of carbonyl (C=O) groups excluding carboxylic acids is 1. The average molecular weight is 273 g/mol. The Morgan fingerprint density at radius 1 is 1.21 bits per heavy atom. The van der Waals surface area contributed by atoms with Crippen LogP contribution in [0.3, 0.4) is 0 Å². The number of hydrogen-bond donors (Lipinski definition) is 1. The molecule has 0 fully saturated rings. The molecule has 0 aromatic heterocycles. The second-order valence-electron chi connectivity index (χ2n) is 6.32. The van der Waals surface area contributed by atoms with Crippen molar-refractivity contribution in [3.05, 3.63) is 0 Å². The molecule has 0 heterocycles. The van der Waals surface area contributed by atoms with Gasteiger partial charge in [0.2, 0.25) is 5.91 Å². The highest BCUT2D eigenvalue weighted by Gasteiger charge is 2.30. The van der Waals surface area contributed by atoms with Crippen molar-refractivity contribution < 1.29 is 9.53 Å². The molecule has 0 spiro atoms. The minimum Gasteiger partial charge on any atom is -0.383 e. The van der Waals surface area contributed by atoms with Gasteiger partial charge in [0.1, 0.15) is 0 Å². The number of nitrogens with two attached hydrogens (primary N) is 1. The SMILES string of the molecule is COCCN(CCCN(C)C)C(=O)[C@@H](N)C(C)(C)C. The molecule has 0 rings (SSSR count). The smallest absolute Gasteiger partial charge is 0.240 e. The zero-order chi connectivity index (χ0) is 15.1. The van der Waals surface area contributed by atoms with E-state index in [-0.39, 0.29) is 11.3 Å². The van der Waals surface area contributed by atoms with Crippen LogP contribution in [0, 0.1) is 5.41 Å². The maximum atomic E-state index is 12.4. The van der Waals surface area contributed by atoms with Crippen LogP contribution in [0.5, 0.6) is 0 Å². The van der Waals surface area contributed by atoms with Crippen LogP contribution in [0.1, 0.15) is 27.2 Å². The molecule has 0 bridgehead atoms. The Morgan fingerprint density at radius 2 is 1.79 bits per heavy atom. The van der Waals surface area contributed by atoms with Crippen LogP contribution in [0.15, 0.2) is 0 Å². The van der Waals surface area contributed by atoms with Crippen LogP contribution in [-0.4, -0.2) is 69.2 Å². The van der Waals surface area contributed by atoms with Crippen molar-refractivity contribution in [1.29, 1.82) is 0 Å². The lowest BCUT2D eigenvalue weighted by Crippen LogP contribution is -2.51. The Bertz CT molecular complexity index is 262. The van der Waals surface area contributed by atoms with Crippen molar-refractivity contribution in [1.82, 2.24) is 9.80 Å². The topological polar surface area (TPSA) is 58.8 Å². The van der Waals surface area contributed by atoms with Gasteiger partial charge in [-0.05, 0) is 32.5 Å². The normalized spacial score (nSPS) is 13.7. The monoisotopic (exact) mass is 273 g/mol. The summed E-state index contributed by atoms with van der Waals surface area (Å²) in [6.07, 6.45) is 0.944. The first kappa shape index (κ1) is 18.4. The number of nitrogens with zero attached hydrogens (tertiary/aromatic N) is 2. The van der Waals surface area contributed by atoms with Gasteiger partial charge in [0.25, 0.3) is 0 Å². The summed E-state index contributed by atoms with van der Waals surface area (Å²) in [5, 5.41) is 0. The van der Waals surface area contributed by atoms with Crippen molar-refractivity contribution >= 4 is 5.91 Å². The van der Waals surface area contributed by atoms with Gasteiger partial charge in [-0.3, -0.25) is 4.79 Å². The molecule has 1 amide bonds. The fourth-order valence-corrected chi connectivity index (χ4v) is 1.68. The zero-order valence-corrected chi connectivity index (χ0v) is 13.4. The van der Waals surface area contributed by atoms with Gasteiger partial charge < -0.3 is 20.3 Å². The number of methoxy groups -OCH3 is 1. The van der Waals surface area contributed by atoms with E-state index in [9.17, 15) is 4.79 Å². The molecule has 0 aromatic carbocycles. The summed E-state index contributed by atoms with van der Waals surface area (Å²) in [5.74, 6) is 0.0170. The number of rotatable bonds is 8. The van der Waals surface area contributed by atoms with E-state index in [2.05, 4.69) is 4.90 Å². The van der Waals surface area contributed by atoms with E-state index in [0.717, 1.165) is 19.5 Å². The largest absolute Gasteiger partial charge is 0.383 e. The predicted octanol–water partition coefficient (Wildman–Crippen LogP) is 0.787. The summed E-state index contributed by atoms with van der Waals surface area (Å²) in [5.41, 5.74) is 5.84. The van der Waals surface area contributed by atoms with Gasteiger partial charge in [0, 0.05) is 20.2 Å². The minimum atomic E-state index is -0.469. The molecular formula is C14H31N3O2. The summed E-state index contributed by atoms with van der Waals surface area (Å²) in [7, 11) is 5.70. The first-order valence-corrected chi connectivity index (χ1v) is 6.88. The second-order valence-corrected chi connectivity index (χ2v) is 6.32. The van der Waals surface area contributed by atoms with E-state index in [1.165, 1.54) is 0 Å². The molecule has 0 saturated heterocycles. The fraction of sp³-hybridized carbons (Fsp3) is 0.929. The highest BCUT2D eigenvalue weighted by Crippen LogP contribution is 2.19. The number of amides is 1. The Labute approximate surface area is 118 Å². The molecule has 0 saturated carbocycles. The van der Waals surface area contributed by atoms with Crippen LogP contribution in [0.2, 0.25) is 0 Å².